The van der Waals surface area contributed by atoms with E-state index in [9.17, 15) is 13.6 Å². The Morgan fingerprint density at radius 2 is 1.97 bits per heavy atom. The highest BCUT2D eigenvalue weighted by molar-refractivity contribution is 9.10. The third-order valence-electron chi connectivity index (χ3n) is 4.48. The van der Waals surface area contributed by atoms with Gasteiger partial charge in [-0.05, 0) is 53.0 Å². The number of anilines is 1. The van der Waals surface area contributed by atoms with Crippen LogP contribution in [0.25, 0.3) is 0 Å². The van der Waals surface area contributed by atoms with Gasteiger partial charge in [0.2, 0.25) is 5.91 Å². The summed E-state index contributed by atoms with van der Waals surface area (Å²) >= 11 is 4.20. The fraction of sp³-hybridized carbons (Fsp3) is 0.286. The van der Waals surface area contributed by atoms with E-state index in [0.717, 1.165) is 30.0 Å². The summed E-state index contributed by atoms with van der Waals surface area (Å²) in [6.45, 7) is 3.96. The minimum atomic E-state index is -0.857. The molecule has 0 saturated carbocycles. The predicted molar refractivity (Wildman–Crippen MR) is 119 cm³/mol. The number of rotatable bonds is 8. The molecule has 1 N–H and O–H groups in total. The zero-order valence-electron chi connectivity index (χ0n) is 17.2. The molecule has 1 heterocycles. The van der Waals surface area contributed by atoms with Crippen molar-refractivity contribution in [1.29, 1.82) is 0 Å². The molecule has 0 aliphatic rings. The molecule has 31 heavy (non-hydrogen) atoms. The third-order valence-corrected chi connectivity index (χ3v) is 6.13. The van der Waals surface area contributed by atoms with Gasteiger partial charge in [-0.2, -0.15) is 0 Å². The lowest BCUT2D eigenvalue weighted by atomic mass is 10.2. The number of nitrogens with zero attached hydrogens (tertiary/aromatic N) is 3. The zero-order valence-corrected chi connectivity index (χ0v) is 19.6. The van der Waals surface area contributed by atoms with E-state index < -0.39 is 17.5 Å². The Morgan fingerprint density at radius 1 is 1.26 bits per heavy atom. The summed E-state index contributed by atoms with van der Waals surface area (Å²) in [6.07, 6.45) is 0.607. The van der Waals surface area contributed by atoms with Crippen molar-refractivity contribution in [2.24, 2.45) is 7.05 Å². The molecule has 1 aromatic heterocycles. The van der Waals surface area contributed by atoms with Gasteiger partial charge in [0, 0.05) is 17.6 Å². The van der Waals surface area contributed by atoms with Crippen molar-refractivity contribution in [3.05, 3.63) is 63.9 Å². The topological polar surface area (TPSA) is 69.0 Å². The molecule has 10 heteroatoms. The molecular formula is C21H21BrF2N4O2S. The predicted octanol–water partition coefficient (Wildman–Crippen LogP) is 5.29. The molecule has 164 valence electrons. The number of halogens is 3. The molecule has 2 aromatic carbocycles. The number of hydrogen-bond donors (Lipinski definition) is 1. The molecule has 0 bridgehead atoms. The van der Waals surface area contributed by atoms with Crippen LogP contribution in [0, 0.1) is 11.6 Å². The van der Waals surface area contributed by atoms with E-state index in [1.165, 1.54) is 5.56 Å². The summed E-state index contributed by atoms with van der Waals surface area (Å²) in [5.41, 5.74) is 1.12. The van der Waals surface area contributed by atoms with E-state index in [0.29, 0.717) is 17.0 Å². The van der Waals surface area contributed by atoms with Gasteiger partial charge in [-0.15, -0.1) is 10.2 Å². The first kappa shape index (κ1) is 23.2. The minimum absolute atomic E-state index is 0.0249. The highest BCUT2D eigenvalue weighted by atomic mass is 79.9. The van der Waals surface area contributed by atoms with Crippen LogP contribution in [-0.2, 0) is 18.3 Å². The molecule has 6 nitrogen and oxygen atoms in total. The number of ether oxygens (including phenoxy) is 1. The van der Waals surface area contributed by atoms with E-state index in [1.807, 2.05) is 31.2 Å². The van der Waals surface area contributed by atoms with E-state index in [2.05, 4.69) is 38.4 Å². The van der Waals surface area contributed by atoms with Gasteiger partial charge in [-0.3, -0.25) is 4.79 Å². The lowest BCUT2D eigenvalue weighted by molar-refractivity contribution is -0.113. The van der Waals surface area contributed by atoms with Crippen LogP contribution in [0.4, 0.5) is 14.5 Å². The highest BCUT2D eigenvalue weighted by Crippen LogP contribution is 2.28. The zero-order chi connectivity index (χ0) is 22.5. The fourth-order valence-corrected chi connectivity index (χ4v) is 4.06. The number of aryl methyl sites for hydroxylation is 1. The van der Waals surface area contributed by atoms with Crippen molar-refractivity contribution < 1.29 is 18.3 Å². The van der Waals surface area contributed by atoms with Gasteiger partial charge in [0.15, 0.2) is 22.9 Å². The molecule has 1 atom stereocenters. The SMILES string of the molecule is CCc1ccc(O[C@H](C)c2nnc(SCC(=O)Nc3c(F)cc(F)cc3Br)n2C)cc1. The maximum atomic E-state index is 13.9. The highest BCUT2D eigenvalue weighted by Gasteiger charge is 2.19. The summed E-state index contributed by atoms with van der Waals surface area (Å²) < 4.78 is 34.9. The Bertz CT molecular complexity index is 1050. The maximum absolute atomic E-state index is 13.9. The average Bonchev–Trinajstić information content (AvgIpc) is 3.10. The average molecular weight is 511 g/mol. The maximum Gasteiger partial charge on any atom is 0.234 e. The lowest BCUT2D eigenvalue weighted by Crippen LogP contribution is -2.16. The van der Waals surface area contributed by atoms with Gasteiger partial charge < -0.3 is 14.6 Å². The van der Waals surface area contributed by atoms with Crippen LogP contribution in [0.1, 0.15) is 31.3 Å². The quantitative estimate of drug-likeness (QED) is 0.417. The molecule has 0 radical (unpaired) electrons. The first-order chi connectivity index (χ1) is 14.8. The van der Waals surface area contributed by atoms with Gasteiger partial charge in [-0.25, -0.2) is 8.78 Å². The molecule has 0 aliphatic carbocycles. The molecule has 0 fully saturated rings. The van der Waals surface area contributed by atoms with E-state index >= 15 is 0 Å². The van der Waals surface area contributed by atoms with Crippen LogP contribution >= 0.6 is 27.7 Å². The van der Waals surface area contributed by atoms with E-state index in [-0.39, 0.29) is 22.0 Å². The van der Waals surface area contributed by atoms with Crippen molar-refractivity contribution >= 4 is 39.3 Å². The van der Waals surface area contributed by atoms with Gasteiger partial charge in [0.1, 0.15) is 11.6 Å². The van der Waals surface area contributed by atoms with E-state index in [4.69, 9.17) is 4.74 Å². The molecule has 3 aromatic rings. The van der Waals surface area contributed by atoms with Gasteiger partial charge in [0.05, 0.1) is 11.4 Å². The minimum Gasteiger partial charge on any atom is -0.483 e. The largest absolute Gasteiger partial charge is 0.483 e. The molecular weight excluding hydrogens is 490 g/mol. The Hall–Kier alpha value is -2.46. The summed E-state index contributed by atoms with van der Waals surface area (Å²) in [5.74, 6) is -0.739. The van der Waals surface area contributed by atoms with Crippen LogP contribution < -0.4 is 10.1 Å². The lowest BCUT2D eigenvalue weighted by Gasteiger charge is -2.14. The van der Waals surface area contributed by atoms with Crippen molar-refractivity contribution in [2.75, 3.05) is 11.1 Å². The number of benzene rings is 2. The Labute approximate surface area is 191 Å². The number of carbonyl (C=O) groups excluding carboxylic acids is 1. The number of carbonyl (C=O) groups is 1. The number of hydrogen-bond acceptors (Lipinski definition) is 5. The van der Waals surface area contributed by atoms with E-state index in [1.54, 1.807) is 11.6 Å². The number of thioether (sulfide) groups is 1. The molecule has 0 spiro atoms. The smallest absolute Gasteiger partial charge is 0.234 e. The van der Waals surface area contributed by atoms with Crippen LogP contribution in [0.5, 0.6) is 5.75 Å². The number of aromatic nitrogens is 3. The molecule has 0 unspecified atom stereocenters. The summed E-state index contributed by atoms with van der Waals surface area (Å²) in [7, 11) is 1.78. The van der Waals surface area contributed by atoms with Gasteiger partial charge in [-0.1, -0.05) is 30.8 Å². The Balaban J connectivity index is 1.60. The first-order valence-corrected chi connectivity index (χ1v) is 11.3. The number of nitrogens with one attached hydrogen (secondary N) is 1. The first-order valence-electron chi connectivity index (χ1n) is 9.50. The van der Waals surface area contributed by atoms with Crippen LogP contribution in [-0.4, -0.2) is 26.4 Å². The molecule has 0 saturated heterocycles. The standard InChI is InChI=1S/C21H21BrF2N4O2S/c1-4-13-5-7-15(8-6-13)30-12(2)20-26-27-21(28(20)3)31-11-18(29)25-19-16(22)9-14(23)10-17(19)24/h5-10,12H,4,11H2,1-3H3,(H,25,29)/t12-/m1/s1. The van der Waals surface area contributed by atoms with Gasteiger partial charge >= 0.3 is 0 Å². The second-order valence-electron chi connectivity index (χ2n) is 6.74. The second-order valence-corrected chi connectivity index (χ2v) is 8.54. The second kappa shape index (κ2) is 10.2. The number of amides is 1. The van der Waals surface area contributed by atoms with Crippen molar-refractivity contribution in [3.63, 3.8) is 0 Å². The van der Waals surface area contributed by atoms with Crippen molar-refractivity contribution in [3.8, 4) is 5.75 Å². The Kier molecular flexibility index (Phi) is 7.66. The van der Waals surface area contributed by atoms with Crippen molar-refractivity contribution in [2.45, 2.75) is 31.5 Å². The summed E-state index contributed by atoms with van der Waals surface area (Å²) in [6, 6.07) is 9.65. The van der Waals surface area contributed by atoms with Gasteiger partial charge in [0.25, 0.3) is 0 Å². The molecule has 3 rings (SSSR count). The third kappa shape index (κ3) is 5.82. The molecule has 1 amide bonds. The fourth-order valence-electron chi connectivity index (χ4n) is 2.83. The summed E-state index contributed by atoms with van der Waals surface area (Å²) in [5, 5.41) is 11.2. The van der Waals surface area contributed by atoms with Crippen molar-refractivity contribution in [1.82, 2.24) is 14.8 Å². The Morgan fingerprint density at radius 3 is 2.61 bits per heavy atom. The van der Waals surface area contributed by atoms with Crippen LogP contribution in [0.3, 0.4) is 0 Å². The van der Waals surface area contributed by atoms with Crippen LogP contribution in [0.15, 0.2) is 46.0 Å². The van der Waals surface area contributed by atoms with Crippen LogP contribution in [0.2, 0.25) is 0 Å². The normalized spacial score (nSPS) is 11.9. The monoisotopic (exact) mass is 510 g/mol. The molecule has 0 aliphatic heterocycles. The summed E-state index contributed by atoms with van der Waals surface area (Å²) in [4.78, 5) is 12.2.